The van der Waals surface area contributed by atoms with E-state index < -0.39 is 11.7 Å². The summed E-state index contributed by atoms with van der Waals surface area (Å²) < 4.78 is 7.97. The second kappa shape index (κ2) is 3.93. The lowest BCUT2D eigenvalue weighted by Crippen LogP contribution is -2.38. The Bertz CT molecular complexity index is 662. The highest BCUT2D eigenvalue weighted by Crippen LogP contribution is 2.47. The molecule has 2 aliphatic heterocycles. The van der Waals surface area contributed by atoms with Crippen molar-refractivity contribution in [2.75, 3.05) is 6.61 Å². The van der Waals surface area contributed by atoms with E-state index >= 15 is 0 Å². The van der Waals surface area contributed by atoms with E-state index in [0.717, 1.165) is 5.69 Å². The Kier molecular flexibility index (Phi) is 2.38. The van der Waals surface area contributed by atoms with Crippen molar-refractivity contribution in [2.24, 2.45) is 5.92 Å². The first-order valence-corrected chi connectivity index (χ1v) is 7.03. The first-order valence-electron chi connectivity index (χ1n) is 7.03. The van der Waals surface area contributed by atoms with Gasteiger partial charge in [-0.25, -0.2) is 4.98 Å². The standard InChI is InChI=1S/C16H18N2O2/c1-16(2)15(19)12(8-20-16)14-11-6-4-3-5-10(11)13-7-17-9-18(13)14/h3-7,9,12,14-15,19H,8H2,1-2H3/t12-,14+,15+/m1/s1. The molecule has 0 unspecified atom stereocenters. The maximum absolute atomic E-state index is 10.6. The molecule has 1 N–H and O–H groups in total. The van der Waals surface area contributed by atoms with Crippen LogP contribution in [0, 0.1) is 5.92 Å². The first kappa shape index (κ1) is 12.1. The molecule has 4 nitrogen and oxygen atoms in total. The summed E-state index contributed by atoms with van der Waals surface area (Å²) in [6.45, 7) is 4.48. The average Bonchev–Trinajstić information content (AvgIpc) is 3.07. The van der Waals surface area contributed by atoms with Crippen LogP contribution in [0.25, 0.3) is 11.3 Å². The van der Waals surface area contributed by atoms with Crippen LogP contribution >= 0.6 is 0 Å². The Morgan fingerprint density at radius 3 is 2.90 bits per heavy atom. The van der Waals surface area contributed by atoms with Gasteiger partial charge in [-0.2, -0.15) is 0 Å². The molecule has 1 aromatic heterocycles. The monoisotopic (exact) mass is 270 g/mol. The first-order chi connectivity index (χ1) is 9.59. The highest BCUT2D eigenvalue weighted by molar-refractivity contribution is 5.69. The van der Waals surface area contributed by atoms with E-state index in [1.54, 1.807) is 0 Å². The molecule has 4 heteroatoms. The fourth-order valence-corrected chi connectivity index (χ4v) is 3.58. The van der Waals surface area contributed by atoms with E-state index in [1.807, 2.05) is 32.4 Å². The highest BCUT2D eigenvalue weighted by Gasteiger charge is 2.48. The van der Waals surface area contributed by atoms with Gasteiger partial charge in [0.15, 0.2) is 0 Å². The topological polar surface area (TPSA) is 47.3 Å². The Labute approximate surface area is 118 Å². The number of ether oxygens (including phenoxy) is 1. The quantitative estimate of drug-likeness (QED) is 0.864. The lowest BCUT2D eigenvalue weighted by Gasteiger charge is -2.28. The van der Waals surface area contributed by atoms with E-state index in [4.69, 9.17) is 4.74 Å². The van der Waals surface area contributed by atoms with Gasteiger partial charge in [-0.15, -0.1) is 0 Å². The van der Waals surface area contributed by atoms with Crippen LogP contribution in [0.15, 0.2) is 36.8 Å². The molecule has 3 heterocycles. The van der Waals surface area contributed by atoms with Crippen LogP contribution in [0.2, 0.25) is 0 Å². The number of imidazole rings is 1. The van der Waals surface area contributed by atoms with Crippen LogP contribution in [0.5, 0.6) is 0 Å². The molecule has 0 radical (unpaired) electrons. The number of aliphatic hydroxyl groups excluding tert-OH is 1. The smallest absolute Gasteiger partial charge is 0.0956 e. The van der Waals surface area contributed by atoms with Gasteiger partial charge in [0, 0.05) is 11.5 Å². The molecular weight excluding hydrogens is 252 g/mol. The minimum Gasteiger partial charge on any atom is -0.390 e. The number of rotatable bonds is 1. The fourth-order valence-electron chi connectivity index (χ4n) is 3.58. The molecule has 104 valence electrons. The summed E-state index contributed by atoms with van der Waals surface area (Å²) in [4.78, 5) is 4.27. The van der Waals surface area contributed by atoms with Crippen LogP contribution in [-0.2, 0) is 4.74 Å². The van der Waals surface area contributed by atoms with Gasteiger partial charge in [0.2, 0.25) is 0 Å². The maximum atomic E-state index is 10.6. The fraction of sp³-hybridized carbons (Fsp3) is 0.438. The number of fused-ring (bicyclic) bond motifs is 3. The van der Waals surface area contributed by atoms with Gasteiger partial charge in [-0.05, 0) is 19.4 Å². The number of hydrogen-bond acceptors (Lipinski definition) is 3. The lowest BCUT2D eigenvalue weighted by atomic mass is 9.85. The predicted molar refractivity (Wildman–Crippen MR) is 75.3 cm³/mol. The minimum atomic E-state index is -0.483. The third kappa shape index (κ3) is 1.46. The van der Waals surface area contributed by atoms with Crippen molar-refractivity contribution in [3.63, 3.8) is 0 Å². The van der Waals surface area contributed by atoms with Crippen molar-refractivity contribution < 1.29 is 9.84 Å². The Morgan fingerprint density at radius 2 is 2.15 bits per heavy atom. The summed E-state index contributed by atoms with van der Waals surface area (Å²) in [5.74, 6) is 0.0570. The highest BCUT2D eigenvalue weighted by atomic mass is 16.5. The number of nitrogens with zero attached hydrogens (tertiary/aromatic N) is 2. The van der Waals surface area contributed by atoms with E-state index in [-0.39, 0.29) is 12.0 Å². The van der Waals surface area contributed by atoms with Crippen molar-refractivity contribution in [1.82, 2.24) is 9.55 Å². The molecule has 3 atom stereocenters. The van der Waals surface area contributed by atoms with Crippen molar-refractivity contribution in [3.05, 3.63) is 42.4 Å². The van der Waals surface area contributed by atoms with Crippen molar-refractivity contribution in [1.29, 1.82) is 0 Å². The van der Waals surface area contributed by atoms with Crippen molar-refractivity contribution in [3.8, 4) is 11.3 Å². The molecule has 1 saturated heterocycles. The van der Waals surface area contributed by atoms with Gasteiger partial charge in [0.25, 0.3) is 0 Å². The second-order valence-corrected chi connectivity index (χ2v) is 6.24. The molecule has 2 aliphatic rings. The van der Waals surface area contributed by atoms with E-state index in [1.165, 1.54) is 11.1 Å². The number of aliphatic hydroxyl groups is 1. The van der Waals surface area contributed by atoms with Crippen molar-refractivity contribution >= 4 is 0 Å². The molecule has 4 rings (SSSR count). The molecule has 0 aliphatic carbocycles. The zero-order valence-corrected chi connectivity index (χ0v) is 11.7. The number of aromatic nitrogens is 2. The van der Waals surface area contributed by atoms with E-state index in [0.29, 0.717) is 6.61 Å². The predicted octanol–water partition coefficient (Wildman–Crippen LogP) is 2.24. The molecule has 0 spiro atoms. The molecule has 2 aromatic rings. The SMILES string of the molecule is CC1(C)OC[C@H]([C@@H]2c3ccccc3-c3cncn32)[C@@H]1O. The Hall–Kier alpha value is -1.65. The normalized spacial score (nSPS) is 30.2. The van der Waals surface area contributed by atoms with Crippen LogP contribution in [0.4, 0.5) is 0 Å². The Balaban J connectivity index is 1.84. The number of benzene rings is 1. The second-order valence-electron chi connectivity index (χ2n) is 6.24. The minimum absolute atomic E-state index is 0.0570. The summed E-state index contributed by atoms with van der Waals surface area (Å²) in [7, 11) is 0. The van der Waals surface area contributed by atoms with Crippen LogP contribution in [-0.4, -0.2) is 33.0 Å². The largest absolute Gasteiger partial charge is 0.390 e. The molecule has 0 amide bonds. The Morgan fingerprint density at radius 1 is 1.35 bits per heavy atom. The third-order valence-corrected chi connectivity index (χ3v) is 4.69. The van der Waals surface area contributed by atoms with Crippen molar-refractivity contribution in [2.45, 2.75) is 31.6 Å². The van der Waals surface area contributed by atoms with Gasteiger partial charge < -0.3 is 14.4 Å². The van der Waals surface area contributed by atoms with Gasteiger partial charge >= 0.3 is 0 Å². The van der Waals surface area contributed by atoms with Crippen LogP contribution in [0.3, 0.4) is 0 Å². The van der Waals surface area contributed by atoms with Gasteiger partial charge in [-0.1, -0.05) is 24.3 Å². The van der Waals surface area contributed by atoms with Gasteiger partial charge in [0.1, 0.15) is 0 Å². The molecule has 0 bridgehead atoms. The molecule has 1 fully saturated rings. The lowest BCUT2D eigenvalue weighted by molar-refractivity contribution is -0.0321. The summed E-state index contributed by atoms with van der Waals surface area (Å²) >= 11 is 0. The molecular formula is C16H18N2O2. The maximum Gasteiger partial charge on any atom is 0.0956 e. The summed E-state index contributed by atoms with van der Waals surface area (Å²) in [6.07, 6.45) is 3.28. The zero-order chi connectivity index (χ0) is 13.9. The third-order valence-electron chi connectivity index (χ3n) is 4.69. The summed E-state index contributed by atoms with van der Waals surface area (Å²) in [5, 5.41) is 10.6. The molecule has 20 heavy (non-hydrogen) atoms. The van der Waals surface area contributed by atoms with Crippen LogP contribution in [0.1, 0.15) is 25.5 Å². The summed E-state index contributed by atoms with van der Waals surface area (Å²) in [5.41, 5.74) is 3.12. The average molecular weight is 270 g/mol. The van der Waals surface area contributed by atoms with E-state index in [2.05, 4.69) is 27.8 Å². The number of hydrogen-bond donors (Lipinski definition) is 1. The summed E-state index contributed by atoms with van der Waals surface area (Å²) in [6, 6.07) is 8.48. The molecule has 1 aromatic carbocycles. The molecule has 0 saturated carbocycles. The van der Waals surface area contributed by atoms with Gasteiger partial charge in [0.05, 0.1) is 42.6 Å². The zero-order valence-electron chi connectivity index (χ0n) is 11.7. The van der Waals surface area contributed by atoms with E-state index in [9.17, 15) is 5.11 Å². The van der Waals surface area contributed by atoms with Crippen LogP contribution < -0.4 is 0 Å². The van der Waals surface area contributed by atoms with Gasteiger partial charge in [-0.3, -0.25) is 0 Å².